The number of aryl methyl sites for hydroxylation is 2. The number of anilines is 1. The number of pyridine rings is 1. The lowest BCUT2D eigenvalue weighted by molar-refractivity contribution is 0.102. The van der Waals surface area contributed by atoms with Gasteiger partial charge in [-0.3, -0.25) is 15.1 Å². The monoisotopic (exact) mass is 340 g/mol. The third-order valence-electron chi connectivity index (χ3n) is 3.42. The molecule has 0 fully saturated rings. The SMILES string of the molecule is COc1nnc(NC(=O)c2cnc(C)cc2-c2cccc(C)c2)s1. The minimum Gasteiger partial charge on any atom is -0.472 e. The Morgan fingerprint density at radius 3 is 2.75 bits per heavy atom. The van der Waals surface area contributed by atoms with E-state index in [2.05, 4.69) is 20.5 Å². The number of carbonyl (C=O) groups is 1. The highest BCUT2D eigenvalue weighted by Gasteiger charge is 2.16. The van der Waals surface area contributed by atoms with Crippen LogP contribution >= 0.6 is 11.3 Å². The summed E-state index contributed by atoms with van der Waals surface area (Å²) in [7, 11) is 1.51. The van der Waals surface area contributed by atoms with Crippen LogP contribution in [0.1, 0.15) is 21.6 Å². The second-order valence-corrected chi connectivity index (χ2v) is 6.21. The van der Waals surface area contributed by atoms with Crippen molar-refractivity contribution in [3.63, 3.8) is 0 Å². The van der Waals surface area contributed by atoms with Gasteiger partial charge in [-0.25, -0.2) is 0 Å². The Morgan fingerprint density at radius 1 is 1.21 bits per heavy atom. The standard InChI is InChI=1S/C17H16N4O2S/c1-10-5-4-6-12(7-10)13-8-11(2)18-9-14(13)15(22)19-16-20-21-17(23-3)24-16/h4-9H,1-3H3,(H,19,20,22). The van der Waals surface area contributed by atoms with Crippen LogP contribution in [0.25, 0.3) is 11.1 Å². The van der Waals surface area contributed by atoms with Gasteiger partial charge in [0, 0.05) is 11.9 Å². The van der Waals surface area contributed by atoms with Crippen molar-refractivity contribution in [2.45, 2.75) is 13.8 Å². The third-order valence-corrected chi connectivity index (χ3v) is 4.22. The maximum Gasteiger partial charge on any atom is 0.295 e. The van der Waals surface area contributed by atoms with E-state index in [0.717, 1.165) is 22.4 Å². The molecule has 0 aliphatic heterocycles. The fourth-order valence-corrected chi connectivity index (χ4v) is 2.86. The molecule has 3 aromatic rings. The molecule has 1 aromatic carbocycles. The second-order valence-electron chi connectivity index (χ2n) is 5.27. The zero-order valence-corrected chi connectivity index (χ0v) is 14.3. The molecule has 0 unspecified atom stereocenters. The van der Waals surface area contributed by atoms with Crippen LogP contribution in [0.5, 0.6) is 5.19 Å². The molecular weight excluding hydrogens is 324 g/mol. The number of ether oxygens (including phenoxy) is 1. The summed E-state index contributed by atoms with van der Waals surface area (Å²) >= 11 is 1.17. The van der Waals surface area contributed by atoms with Crippen molar-refractivity contribution in [2.24, 2.45) is 0 Å². The van der Waals surface area contributed by atoms with Gasteiger partial charge < -0.3 is 4.74 Å². The molecule has 0 saturated carbocycles. The fourth-order valence-electron chi connectivity index (χ4n) is 2.30. The maximum absolute atomic E-state index is 12.6. The van der Waals surface area contributed by atoms with Crippen molar-refractivity contribution in [2.75, 3.05) is 12.4 Å². The molecule has 6 nitrogen and oxygen atoms in total. The Morgan fingerprint density at radius 2 is 2.04 bits per heavy atom. The van der Waals surface area contributed by atoms with E-state index in [9.17, 15) is 4.79 Å². The minimum atomic E-state index is -0.280. The molecule has 0 aliphatic rings. The molecule has 1 amide bonds. The van der Waals surface area contributed by atoms with Gasteiger partial charge in [-0.1, -0.05) is 34.9 Å². The van der Waals surface area contributed by atoms with E-state index in [0.29, 0.717) is 15.9 Å². The molecule has 0 bridgehead atoms. The Balaban J connectivity index is 1.96. The maximum atomic E-state index is 12.6. The lowest BCUT2D eigenvalue weighted by Gasteiger charge is -2.10. The van der Waals surface area contributed by atoms with Crippen molar-refractivity contribution in [1.29, 1.82) is 0 Å². The summed E-state index contributed by atoms with van der Waals surface area (Å²) in [6, 6.07) is 9.92. The number of hydrogen-bond acceptors (Lipinski definition) is 6. The summed E-state index contributed by atoms with van der Waals surface area (Å²) in [5, 5.41) is 11.2. The molecule has 122 valence electrons. The largest absolute Gasteiger partial charge is 0.472 e. The smallest absolute Gasteiger partial charge is 0.295 e. The zero-order valence-electron chi connectivity index (χ0n) is 13.5. The molecule has 2 heterocycles. The first-order valence-electron chi connectivity index (χ1n) is 7.29. The van der Waals surface area contributed by atoms with Crippen LogP contribution in [0.15, 0.2) is 36.5 Å². The van der Waals surface area contributed by atoms with Crippen molar-refractivity contribution >= 4 is 22.4 Å². The van der Waals surface area contributed by atoms with Gasteiger partial charge in [0.2, 0.25) is 5.13 Å². The molecular formula is C17H16N4O2S. The van der Waals surface area contributed by atoms with Crippen LogP contribution in [-0.4, -0.2) is 28.2 Å². The molecule has 0 aliphatic carbocycles. The van der Waals surface area contributed by atoms with Crippen LogP contribution in [0.2, 0.25) is 0 Å². The van der Waals surface area contributed by atoms with Crippen molar-refractivity contribution in [3.8, 4) is 16.3 Å². The van der Waals surface area contributed by atoms with E-state index in [4.69, 9.17) is 4.74 Å². The number of nitrogens with one attached hydrogen (secondary N) is 1. The Bertz CT molecular complexity index is 892. The molecule has 3 rings (SSSR count). The average molecular weight is 340 g/mol. The van der Waals surface area contributed by atoms with Gasteiger partial charge >= 0.3 is 0 Å². The minimum absolute atomic E-state index is 0.280. The van der Waals surface area contributed by atoms with Gasteiger partial charge in [-0.05, 0) is 42.4 Å². The van der Waals surface area contributed by atoms with Crippen LogP contribution in [0.4, 0.5) is 5.13 Å². The number of aromatic nitrogens is 3. The van der Waals surface area contributed by atoms with Gasteiger partial charge in [-0.15, -0.1) is 5.10 Å². The Labute approximate surface area is 143 Å². The quantitative estimate of drug-likeness (QED) is 0.787. The van der Waals surface area contributed by atoms with Crippen molar-refractivity contribution < 1.29 is 9.53 Å². The van der Waals surface area contributed by atoms with Crippen LogP contribution < -0.4 is 10.1 Å². The Kier molecular flexibility index (Phi) is 4.52. The van der Waals surface area contributed by atoms with E-state index >= 15 is 0 Å². The van der Waals surface area contributed by atoms with E-state index < -0.39 is 0 Å². The molecule has 1 N–H and O–H groups in total. The predicted octanol–water partition coefficient (Wildman–Crippen LogP) is 3.48. The summed E-state index contributed by atoms with van der Waals surface area (Å²) in [4.78, 5) is 16.9. The fraction of sp³-hybridized carbons (Fsp3) is 0.176. The highest BCUT2D eigenvalue weighted by Crippen LogP contribution is 2.27. The number of amides is 1. The van der Waals surface area contributed by atoms with Gasteiger partial charge in [0.05, 0.1) is 12.7 Å². The molecule has 2 aromatic heterocycles. The molecule has 0 atom stereocenters. The van der Waals surface area contributed by atoms with Gasteiger partial charge in [0.15, 0.2) is 0 Å². The number of carbonyl (C=O) groups excluding carboxylic acids is 1. The van der Waals surface area contributed by atoms with E-state index in [-0.39, 0.29) is 5.91 Å². The number of hydrogen-bond donors (Lipinski definition) is 1. The predicted molar refractivity (Wildman–Crippen MR) is 93.6 cm³/mol. The van der Waals surface area contributed by atoms with Crippen LogP contribution in [0, 0.1) is 13.8 Å². The third kappa shape index (κ3) is 3.41. The lowest BCUT2D eigenvalue weighted by Crippen LogP contribution is -2.13. The Hall–Kier alpha value is -2.80. The lowest BCUT2D eigenvalue weighted by atomic mass is 9.99. The van der Waals surface area contributed by atoms with Gasteiger partial charge in [0.1, 0.15) is 0 Å². The molecule has 0 saturated heterocycles. The second kappa shape index (κ2) is 6.76. The molecule has 0 spiro atoms. The number of benzene rings is 1. The highest BCUT2D eigenvalue weighted by atomic mass is 32.1. The van der Waals surface area contributed by atoms with Crippen LogP contribution in [-0.2, 0) is 0 Å². The number of methoxy groups -OCH3 is 1. The van der Waals surface area contributed by atoms with Crippen LogP contribution in [0.3, 0.4) is 0 Å². The molecule has 0 radical (unpaired) electrons. The van der Waals surface area contributed by atoms with Gasteiger partial charge in [0.25, 0.3) is 11.1 Å². The summed E-state index contributed by atoms with van der Waals surface area (Å²) in [6.45, 7) is 3.92. The van der Waals surface area contributed by atoms with E-state index in [1.54, 1.807) is 6.20 Å². The molecule has 7 heteroatoms. The normalized spacial score (nSPS) is 10.5. The first kappa shape index (κ1) is 16.1. The highest BCUT2D eigenvalue weighted by molar-refractivity contribution is 7.17. The van der Waals surface area contributed by atoms with E-state index in [1.165, 1.54) is 18.4 Å². The summed E-state index contributed by atoms with van der Waals surface area (Å²) < 4.78 is 4.99. The van der Waals surface area contributed by atoms with Gasteiger partial charge in [-0.2, -0.15) is 0 Å². The van der Waals surface area contributed by atoms with E-state index in [1.807, 2.05) is 44.2 Å². The zero-order chi connectivity index (χ0) is 17.1. The summed E-state index contributed by atoms with van der Waals surface area (Å²) in [5.74, 6) is -0.280. The van der Waals surface area contributed by atoms with Crippen molar-refractivity contribution in [3.05, 3.63) is 53.3 Å². The number of rotatable bonds is 4. The summed E-state index contributed by atoms with van der Waals surface area (Å²) in [5.41, 5.74) is 4.27. The summed E-state index contributed by atoms with van der Waals surface area (Å²) in [6.07, 6.45) is 1.58. The average Bonchev–Trinajstić information content (AvgIpc) is 3.02. The van der Waals surface area contributed by atoms with Crippen molar-refractivity contribution in [1.82, 2.24) is 15.2 Å². The first-order valence-corrected chi connectivity index (χ1v) is 8.11. The first-order chi connectivity index (χ1) is 11.6. The number of nitrogens with zero attached hydrogens (tertiary/aromatic N) is 3. The molecule has 24 heavy (non-hydrogen) atoms. The topological polar surface area (TPSA) is 77.0 Å².